The van der Waals surface area contributed by atoms with Crippen LogP contribution in [-0.2, 0) is 28.1 Å². The lowest BCUT2D eigenvalue weighted by atomic mass is 9.91. The van der Waals surface area contributed by atoms with E-state index in [0.29, 0.717) is 48.7 Å². The predicted octanol–water partition coefficient (Wildman–Crippen LogP) is 6.40. The van der Waals surface area contributed by atoms with Crippen molar-refractivity contribution < 1.29 is 46.9 Å². The van der Waals surface area contributed by atoms with Crippen molar-refractivity contribution in [2.75, 3.05) is 40.5 Å². The van der Waals surface area contributed by atoms with E-state index in [-0.39, 0.29) is 60.3 Å². The van der Waals surface area contributed by atoms with Gasteiger partial charge in [0.05, 0.1) is 31.3 Å². The monoisotopic (exact) mass is 699 g/mol. The molecule has 0 radical (unpaired) electrons. The van der Waals surface area contributed by atoms with Gasteiger partial charge in [-0.15, -0.1) is 0 Å². The fourth-order valence-electron chi connectivity index (χ4n) is 6.28. The number of hydrogen-bond donors (Lipinski definition) is 1. The van der Waals surface area contributed by atoms with E-state index in [9.17, 15) is 33.2 Å². The molecule has 0 aliphatic carbocycles. The van der Waals surface area contributed by atoms with Crippen LogP contribution < -0.4 is 14.2 Å². The zero-order valence-corrected chi connectivity index (χ0v) is 28.1. The molecule has 50 heavy (non-hydrogen) atoms. The number of esters is 1. The lowest BCUT2D eigenvalue weighted by Crippen LogP contribution is -2.53. The Labute approximate surface area is 287 Å². The molecule has 11 nitrogen and oxygen atoms in total. The van der Waals surface area contributed by atoms with Crippen LogP contribution in [0.3, 0.4) is 0 Å². The van der Waals surface area contributed by atoms with E-state index in [1.165, 1.54) is 37.1 Å². The average molecular weight is 700 g/mol. The minimum atomic E-state index is -5.07. The number of non-ortho nitro benzene ring substituents is 1. The zero-order valence-electron chi connectivity index (χ0n) is 28.1. The number of piperidine rings is 1. The molecule has 1 fully saturated rings. The number of carbonyl (C=O) groups excluding carboxylic acids is 1. The minimum Gasteiger partial charge on any atom is -0.497 e. The number of halogens is 3. The number of ether oxygens (including phenoxy) is 4. The molecule has 1 unspecified atom stereocenters. The number of fused-ring (bicyclic) bond motifs is 1. The summed E-state index contributed by atoms with van der Waals surface area (Å²) in [6, 6.07) is 15.9. The van der Waals surface area contributed by atoms with Crippen LogP contribution >= 0.6 is 0 Å². The Kier molecular flexibility index (Phi) is 11.2. The van der Waals surface area contributed by atoms with Gasteiger partial charge in [0, 0.05) is 61.9 Å². The number of aliphatic hydroxyl groups is 1. The summed E-state index contributed by atoms with van der Waals surface area (Å²) in [5.41, 5.74) is -2.20. The number of hydrogen-bond acceptors (Lipinski definition) is 9. The highest BCUT2D eigenvalue weighted by Crippen LogP contribution is 2.44. The summed E-state index contributed by atoms with van der Waals surface area (Å²) in [6.45, 7) is 1.84. The molecule has 0 bridgehead atoms. The number of likely N-dealkylation sites (tertiary alicyclic amines) is 1. The molecule has 2 heterocycles. The first-order chi connectivity index (χ1) is 23.8. The Bertz CT molecular complexity index is 1820. The van der Waals surface area contributed by atoms with Crippen LogP contribution in [0.25, 0.3) is 10.9 Å². The number of alkyl halides is 3. The van der Waals surface area contributed by atoms with E-state index in [1.54, 1.807) is 48.2 Å². The summed E-state index contributed by atoms with van der Waals surface area (Å²) >= 11 is 0. The van der Waals surface area contributed by atoms with Crippen molar-refractivity contribution in [2.45, 2.75) is 57.0 Å². The van der Waals surface area contributed by atoms with Crippen LogP contribution in [0.5, 0.6) is 17.2 Å². The Balaban J connectivity index is 1.34. The maximum absolute atomic E-state index is 15.0. The number of aromatic nitrogens is 1. The summed E-state index contributed by atoms with van der Waals surface area (Å²) in [4.78, 5) is 24.3. The molecule has 1 aliphatic rings. The highest BCUT2D eigenvalue weighted by molar-refractivity contribution is 5.87. The number of benzene rings is 3. The van der Waals surface area contributed by atoms with Gasteiger partial charge in [-0.05, 0) is 67.6 Å². The van der Waals surface area contributed by atoms with Gasteiger partial charge in [-0.2, -0.15) is 13.2 Å². The van der Waals surface area contributed by atoms with Crippen molar-refractivity contribution in [2.24, 2.45) is 0 Å². The van der Waals surface area contributed by atoms with E-state index in [4.69, 9.17) is 18.9 Å². The van der Waals surface area contributed by atoms with Gasteiger partial charge >= 0.3 is 12.1 Å². The SMILES string of the molecule is CCOC(=O)CCc1ccc(OC2CCN(CC(O)(c3cn(Cc4cccc(OC)c4)c4cc([N+](=O)[O-])ccc34)C(F)(F)F)CC2)c(OC)c1. The fourth-order valence-corrected chi connectivity index (χ4v) is 6.28. The fraction of sp³-hybridized carbons (Fsp3) is 0.417. The molecule has 1 atom stereocenters. The molecule has 3 aromatic carbocycles. The van der Waals surface area contributed by atoms with Gasteiger partial charge in [0.1, 0.15) is 11.9 Å². The van der Waals surface area contributed by atoms with Crippen molar-refractivity contribution >= 4 is 22.6 Å². The maximum atomic E-state index is 15.0. The molecule has 14 heteroatoms. The van der Waals surface area contributed by atoms with E-state index < -0.39 is 23.2 Å². The number of nitro groups is 1. The van der Waals surface area contributed by atoms with Crippen LogP contribution in [0.2, 0.25) is 0 Å². The van der Waals surface area contributed by atoms with Gasteiger partial charge in [0.15, 0.2) is 11.5 Å². The predicted molar refractivity (Wildman–Crippen MR) is 179 cm³/mol. The Morgan fingerprint density at radius 2 is 1.76 bits per heavy atom. The highest BCUT2D eigenvalue weighted by atomic mass is 19.4. The summed E-state index contributed by atoms with van der Waals surface area (Å²) in [7, 11) is 3.00. The summed E-state index contributed by atoms with van der Waals surface area (Å²) in [5.74, 6) is 1.21. The first-order valence-corrected chi connectivity index (χ1v) is 16.3. The van der Waals surface area contributed by atoms with E-state index in [0.717, 1.165) is 11.6 Å². The second-order valence-corrected chi connectivity index (χ2v) is 12.2. The Hall–Kier alpha value is -4.82. The van der Waals surface area contributed by atoms with Crippen LogP contribution in [-0.4, -0.2) is 78.2 Å². The normalized spacial score (nSPS) is 15.4. The van der Waals surface area contributed by atoms with Crippen LogP contribution in [0.1, 0.15) is 42.9 Å². The molecule has 1 saturated heterocycles. The quantitative estimate of drug-likeness (QED) is 0.0904. The van der Waals surface area contributed by atoms with E-state index >= 15 is 0 Å². The molecular weight excluding hydrogens is 659 g/mol. The summed E-state index contributed by atoms with van der Waals surface area (Å²) < 4.78 is 68.3. The Morgan fingerprint density at radius 1 is 1.00 bits per heavy atom. The topological polar surface area (TPSA) is 126 Å². The van der Waals surface area contributed by atoms with Gasteiger partial charge in [0.2, 0.25) is 5.60 Å². The third kappa shape index (κ3) is 8.13. The molecule has 4 aromatic rings. The van der Waals surface area contributed by atoms with Crippen molar-refractivity contribution in [3.8, 4) is 17.2 Å². The molecule has 5 rings (SSSR count). The molecule has 1 N–H and O–H groups in total. The van der Waals surface area contributed by atoms with Crippen LogP contribution in [0.4, 0.5) is 18.9 Å². The number of carbonyl (C=O) groups is 1. The maximum Gasteiger partial charge on any atom is 0.422 e. The van der Waals surface area contributed by atoms with E-state index in [2.05, 4.69) is 0 Å². The molecular formula is C36H40F3N3O8. The number of aryl methyl sites for hydroxylation is 1. The molecule has 0 spiro atoms. The molecule has 0 saturated carbocycles. The molecule has 0 amide bonds. The molecule has 1 aromatic heterocycles. The summed E-state index contributed by atoms with van der Waals surface area (Å²) in [6.07, 6.45) is -2.67. The number of nitro benzene ring substituents is 1. The number of methoxy groups -OCH3 is 2. The second kappa shape index (κ2) is 15.4. The average Bonchev–Trinajstić information content (AvgIpc) is 3.46. The van der Waals surface area contributed by atoms with Crippen molar-refractivity contribution in [3.63, 3.8) is 0 Å². The molecule has 268 valence electrons. The minimum absolute atomic E-state index is 0.0642. The standard InChI is InChI=1S/C36H40F3N3O8/c1-4-49-34(43)13-9-24-8-12-32(33(19-24)48-3)50-27-14-16-40(17-15-27)23-35(44,36(37,38)39)30-22-41(21-25-6-5-7-28(18-25)47-2)31-20-26(42(45)46)10-11-29(30)31/h5-8,10-12,18-20,22,27,44H,4,9,13-17,21,23H2,1-3H3. The van der Waals surface area contributed by atoms with Gasteiger partial charge in [-0.3, -0.25) is 19.8 Å². The van der Waals surface area contributed by atoms with E-state index in [1.807, 2.05) is 6.07 Å². The van der Waals surface area contributed by atoms with Gasteiger partial charge in [-0.1, -0.05) is 18.2 Å². The lowest BCUT2D eigenvalue weighted by molar-refractivity contribution is -0.384. The number of β-amino-alcohol motifs (C(OH)–C–C–N with tert-alkyl or cyclic N) is 1. The van der Waals surface area contributed by atoms with Gasteiger partial charge < -0.3 is 28.6 Å². The van der Waals surface area contributed by atoms with Crippen LogP contribution in [0.15, 0.2) is 66.9 Å². The highest BCUT2D eigenvalue weighted by Gasteiger charge is 2.57. The summed E-state index contributed by atoms with van der Waals surface area (Å²) in [5, 5.41) is 23.3. The van der Waals surface area contributed by atoms with Crippen molar-refractivity contribution in [1.29, 1.82) is 0 Å². The third-order valence-corrected chi connectivity index (χ3v) is 8.91. The number of rotatable bonds is 14. The van der Waals surface area contributed by atoms with Crippen molar-refractivity contribution in [1.82, 2.24) is 9.47 Å². The number of nitrogens with zero attached hydrogens (tertiary/aromatic N) is 3. The first kappa shape index (κ1) is 36.5. The van der Waals surface area contributed by atoms with Crippen molar-refractivity contribution in [3.05, 3.63) is 93.7 Å². The van der Waals surface area contributed by atoms with Gasteiger partial charge in [0.25, 0.3) is 5.69 Å². The largest absolute Gasteiger partial charge is 0.497 e. The second-order valence-electron chi connectivity index (χ2n) is 12.2. The van der Waals surface area contributed by atoms with Gasteiger partial charge in [-0.25, -0.2) is 0 Å². The smallest absolute Gasteiger partial charge is 0.422 e. The zero-order chi connectivity index (χ0) is 36.1. The van der Waals surface area contributed by atoms with Crippen LogP contribution in [0, 0.1) is 10.1 Å². The molecule has 1 aliphatic heterocycles. The third-order valence-electron chi connectivity index (χ3n) is 8.91. The lowest BCUT2D eigenvalue weighted by Gasteiger charge is -2.39. The Morgan fingerprint density at radius 3 is 2.42 bits per heavy atom. The first-order valence-electron chi connectivity index (χ1n) is 16.3.